The molecule has 0 aliphatic heterocycles. The number of alkyl halides is 1. The number of ether oxygens (including phenoxy) is 1. The van der Waals surface area contributed by atoms with Crippen molar-refractivity contribution >= 4 is 27.7 Å². The topological polar surface area (TPSA) is 22.1 Å². The van der Waals surface area contributed by atoms with Gasteiger partial charge in [0.05, 0.1) is 0 Å². The van der Waals surface area contributed by atoms with Gasteiger partial charge in [-0.1, -0.05) is 28.1 Å². The monoisotopic (exact) mass is 323 g/mol. The van der Waals surface area contributed by atoms with Gasteiger partial charge in [0.2, 0.25) is 5.88 Å². The number of nitrogens with zero attached hydrogens (tertiary/aromatic N) is 1. The van der Waals surface area contributed by atoms with Crippen molar-refractivity contribution in [3.63, 3.8) is 0 Å². The van der Waals surface area contributed by atoms with Crippen molar-refractivity contribution in [3.05, 3.63) is 47.7 Å². The van der Waals surface area contributed by atoms with Crippen LogP contribution in [0.1, 0.15) is 11.1 Å². The highest BCUT2D eigenvalue weighted by atomic mass is 79.9. The van der Waals surface area contributed by atoms with Crippen LogP contribution >= 0.6 is 27.7 Å². The van der Waals surface area contributed by atoms with E-state index in [2.05, 4.69) is 27.0 Å². The zero-order valence-corrected chi connectivity index (χ0v) is 12.7. The fraction of sp³-hybridized carbons (Fsp3) is 0.214. The number of hydrogen-bond acceptors (Lipinski definition) is 3. The summed E-state index contributed by atoms with van der Waals surface area (Å²) in [7, 11) is 0. The van der Waals surface area contributed by atoms with Gasteiger partial charge in [-0.15, -0.1) is 11.8 Å². The van der Waals surface area contributed by atoms with Crippen LogP contribution in [-0.2, 0) is 5.33 Å². The van der Waals surface area contributed by atoms with Gasteiger partial charge in [-0.25, -0.2) is 4.98 Å². The molecule has 2 aromatic rings. The number of pyridine rings is 1. The number of thioether (sulfide) groups is 1. The summed E-state index contributed by atoms with van der Waals surface area (Å²) in [6.07, 6.45) is 3.87. The molecule has 1 aromatic carbocycles. The first-order chi connectivity index (χ1) is 8.74. The average molecular weight is 324 g/mol. The Balaban J connectivity index is 2.28. The van der Waals surface area contributed by atoms with Gasteiger partial charge in [0, 0.05) is 22.0 Å². The van der Waals surface area contributed by atoms with Gasteiger partial charge in [0.1, 0.15) is 5.75 Å². The Labute approximate surface area is 120 Å². The molecule has 0 aliphatic rings. The molecule has 0 saturated carbocycles. The molecule has 0 fully saturated rings. The molecule has 0 saturated heterocycles. The third-order valence-electron chi connectivity index (χ3n) is 2.52. The quantitative estimate of drug-likeness (QED) is 0.596. The highest BCUT2D eigenvalue weighted by molar-refractivity contribution is 9.08. The largest absolute Gasteiger partial charge is 0.438 e. The Morgan fingerprint density at radius 2 is 2.11 bits per heavy atom. The summed E-state index contributed by atoms with van der Waals surface area (Å²) in [6, 6.07) is 10.1. The first-order valence-electron chi connectivity index (χ1n) is 5.57. The van der Waals surface area contributed by atoms with E-state index in [1.807, 2.05) is 43.6 Å². The molecule has 94 valence electrons. The van der Waals surface area contributed by atoms with Crippen molar-refractivity contribution in [1.29, 1.82) is 0 Å². The predicted octanol–water partition coefficient (Wildman–Crippen LogP) is 4.80. The highest BCUT2D eigenvalue weighted by Crippen LogP contribution is 2.31. The minimum Gasteiger partial charge on any atom is -0.438 e. The van der Waals surface area contributed by atoms with Crippen molar-refractivity contribution in [1.82, 2.24) is 4.98 Å². The van der Waals surface area contributed by atoms with E-state index in [9.17, 15) is 0 Å². The normalized spacial score (nSPS) is 10.4. The fourth-order valence-corrected chi connectivity index (χ4v) is 2.44. The lowest BCUT2D eigenvalue weighted by Crippen LogP contribution is -1.94. The smallest absolute Gasteiger partial charge is 0.222 e. The standard InChI is InChI=1S/C14H14BrNOS/c1-10-7-11(8-15)9-16-14(10)17-12-5-3-4-6-13(12)18-2/h3-7,9H,8H2,1-2H3. The summed E-state index contributed by atoms with van der Waals surface area (Å²) >= 11 is 5.09. The SMILES string of the molecule is CSc1ccccc1Oc1ncc(CBr)cc1C. The maximum absolute atomic E-state index is 5.88. The van der Waals surface area contributed by atoms with Crippen LogP contribution < -0.4 is 4.74 Å². The van der Waals surface area contributed by atoms with Crippen LogP contribution in [0.15, 0.2) is 41.4 Å². The van der Waals surface area contributed by atoms with E-state index in [0.29, 0.717) is 5.88 Å². The third-order valence-corrected chi connectivity index (χ3v) is 3.94. The van der Waals surface area contributed by atoms with Crippen LogP contribution in [0.5, 0.6) is 11.6 Å². The summed E-state index contributed by atoms with van der Waals surface area (Å²) in [4.78, 5) is 5.47. The second-order valence-electron chi connectivity index (χ2n) is 3.85. The van der Waals surface area contributed by atoms with Crippen molar-refractivity contribution in [2.75, 3.05) is 6.26 Å². The summed E-state index contributed by atoms with van der Waals surface area (Å²) in [5.41, 5.74) is 2.20. The first-order valence-corrected chi connectivity index (χ1v) is 7.91. The van der Waals surface area contributed by atoms with Gasteiger partial charge in [-0.05, 0) is 36.9 Å². The second-order valence-corrected chi connectivity index (χ2v) is 5.26. The fourth-order valence-electron chi connectivity index (χ4n) is 1.61. The molecular formula is C14H14BrNOS. The Morgan fingerprint density at radius 1 is 1.33 bits per heavy atom. The Bertz CT molecular complexity index is 545. The number of aryl methyl sites for hydroxylation is 1. The molecular weight excluding hydrogens is 310 g/mol. The minimum atomic E-state index is 0.668. The van der Waals surface area contributed by atoms with Crippen molar-refractivity contribution in [3.8, 4) is 11.6 Å². The van der Waals surface area contributed by atoms with Gasteiger partial charge < -0.3 is 4.74 Å². The molecule has 0 N–H and O–H groups in total. The first kappa shape index (κ1) is 13.4. The summed E-state index contributed by atoms with van der Waals surface area (Å²) in [5.74, 6) is 1.52. The molecule has 4 heteroatoms. The third kappa shape index (κ3) is 3.06. The molecule has 0 radical (unpaired) electrons. The molecule has 1 heterocycles. The van der Waals surface area contributed by atoms with Crippen LogP contribution in [-0.4, -0.2) is 11.2 Å². The molecule has 18 heavy (non-hydrogen) atoms. The van der Waals surface area contributed by atoms with E-state index in [0.717, 1.165) is 27.1 Å². The average Bonchev–Trinajstić information content (AvgIpc) is 2.41. The van der Waals surface area contributed by atoms with Crippen molar-refractivity contribution in [2.45, 2.75) is 17.1 Å². The van der Waals surface area contributed by atoms with E-state index >= 15 is 0 Å². The second kappa shape index (κ2) is 6.25. The maximum Gasteiger partial charge on any atom is 0.222 e. The number of rotatable bonds is 4. The minimum absolute atomic E-state index is 0.668. The molecule has 0 atom stereocenters. The van der Waals surface area contributed by atoms with E-state index in [4.69, 9.17) is 4.74 Å². The Hall–Kier alpha value is -1.00. The zero-order chi connectivity index (χ0) is 13.0. The Morgan fingerprint density at radius 3 is 2.78 bits per heavy atom. The van der Waals surface area contributed by atoms with Crippen LogP contribution in [0, 0.1) is 6.92 Å². The summed E-state index contributed by atoms with van der Waals surface area (Å²) < 4.78 is 5.88. The lowest BCUT2D eigenvalue weighted by atomic mass is 10.2. The van der Waals surface area contributed by atoms with Crippen molar-refractivity contribution in [2.24, 2.45) is 0 Å². The van der Waals surface area contributed by atoms with Crippen molar-refractivity contribution < 1.29 is 4.74 Å². The van der Waals surface area contributed by atoms with E-state index < -0.39 is 0 Å². The number of aromatic nitrogens is 1. The maximum atomic E-state index is 5.88. The number of benzene rings is 1. The lowest BCUT2D eigenvalue weighted by molar-refractivity contribution is 0.448. The Kier molecular flexibility index (Phi) is 4.66. The molecule has 0 aliphatic carbocycles. The van der Waals surface area contributed by atoms with Crippen LogP contribution in [0.25, 0.3) is 0 Å². The van der Waals surface area contributed by atoms with E-state index in [-0.39, 0.29) is 0 Å². The predicted molar refractivity (Wildman–Crippen MR) is 79.9 cm³/mol. The van der Waals surface area contributed by atoms with E-state index in [1.54, 1.807) is 11.8 Å². The van der Waals surface area contributed by atoms with Crippen LogP contribution in [0.4, 0.5) is 0 Å². The molecule has 2 rings (SSSR count). The number of hydrogen-bond donors (Lipinski definition) is 0. The van der Waals surface area contributed by atoms with Gasteiger partial charge >= 0.3 is 0 Å². The molecule has 2 nitrogen and oxygen atoms in total. The lowest BCUT2D eigenvalue weighted by Gasteiger charge is -2.11. The van der Waals surface area contributed by atoms with Crippen LogP contribution in [0.3, 0.4) is 0 Å². The van der Waals surface area contributed by atoms with Gasteiger partial charge in [0.25, 0.3) is 0 Å². The van der Waals surface area contributed by atoms with Crippen LogP contribution in [0.2, 0.25) is 0 Å². The zero-order valence-electron chi connectivity index (χ0n) is 10.3. The molecule has 0 spiro atoms. The molecule has 1 aromatic heterocycles. The highest BCUT2D eigenvalue weighted by Gasteiger charge is 2.07. The number of halogens is 1. The summed E-state index contributed by atoms with van der Waals surface area (Å²) in [5, 5.41) is 0.808. The molecule has 0 unspecified atom stereocenters. The molecule has 0 amide bonds. The van der Waals surface area contributed by atoms with Gasteiger partial charge in [-0.2, -0.15) is 0 Å². The van der Waals surface area contributed by atoms with Gasteiger partial charge in [-0.3, -0.25) is 0 Å². The number of para-hydroxylation sites is 1. The summed E-state index contributed by atoms with van der Waals surface area (Å²) in [6.45, 7) is 2.01. The molecule has 0 bridgehead atoms. The van der Waals surface area contributed by atoms with E-state index in [1.165, 1.54) is 0 Å². The van der Waals surface area contributed by atoms with Gasteiger partial charge in [0.15, 0.2) is 0 Å².